The fraction of sp³-hybridized carbons (Fsp3) is 0.600. The molecule has 1 atom stereocenters. The van der Waals surface area contributed by atoms with Crippen molar-refractivity contribution in [3.63, 3.8) is 0 Å². The van der Waals surface area contributed by atoms with Gasteiger partial charge in [-0.05, 0) is 43.8 Å². The number of carbonyl (C=O) groups is 2. The number of ether oxygens (including phenoxy) is 2. The first-order valence-electron chi connectivity index (χ1n) is 10.3. The number of hydrogen-bond donors (Lipinski definition) is 2. The number of carbonyl (C=O) groups excluding carboxylic acids is 2. The van der Waals surface area contributed by atoms with Gasteiger partial charge in [-0.3, -0.25) is 9.69 Å². The first kappa shape index (κ1) is 22.5. The molecule has 0 spiro atoms. The molecule has 2 N–H and O–H groups in total. The third-order valence-electron chi connectivity index (χ3n) is 5.19. The second kappa shape index (κ2) is 9.76. The Labute approximate surface area is 177 Å². The zero-order valence-corrected chi connectivity index (χ0v) is 18.5. The Morgan fingerprint density at radius 3 is 2.73 bits per heavy atom. The zero-order chi connectivity index (χ0) is 21.7. The van der Waals surface area contributed by atoms with Gasteiger partial charge in [0, 0.05) is 19.5 Å². The fourth-order valence-electron chi connectivity index (χ4n) is 3.56. The van der Waals surface area contributed by atoms with Gasteiger partial charge < -0.3 is 24.5 Å². The van der Waals surface area contributed by atoms with Crippen LogP contribution in [0.5, 0.6) is 0 Å². The summed E-state index contributed by atoms with van der Waals surface area (Å²) in [5.41, 5.74) is 0.922. The second-order valence-electron chi connectivity index (χ2n) is 8.32. The molecule has 1 unspecified atom stereocenters. The molecule has 8 nitrogen and oxygen atoms in total. The number of rotatable bonds is 8. The van der Waals surface area contributed by atoms with Crippen molar-refractivity contribution in [1.82, 2.24) is 5.32 Å². The summed E-state index contributed by atoms with van der Waals surface area (Å²) in [4.78, 5) is 37.3. The lowest BCUT2D eigenvalue weighted by Gasteiger charge is -2.29. The van der Waals surface area contributed by atoms with E-state index in [9.17, 15) is 18.8 Å². The van der Waals surface area contributed by atoms with Crippen LogP contribution < -0.4 is 15.1 Å². The van der Waals surface area contributed by atoms with Crippen molar-refractivity contribution < 1.29 is 28.2 Å². The molecule has 2 aliphatic rings. The number of benzene rings is 1. The third-order valence-corrected chi connectivity index (χ3v) is 6.77. The van der Waals surface area contributed by atoms with E-state index in [2.05, 4.69) is 5.32 Å². The lowest BCUT2D eigenvalue weighted by Crippen LogP contribution is -2.37. The Morgan fingerprint density at radius 2 is 2.07 bits per heavy atom. The van der Waals surface area contributed by atoms with Crippen molar-refractivity contribution in [3.05, 3.63) is 24.0 Å². The normalized spacial score (nSPS) is 19.7. The monoisotopic (exact) mass is 439 g/mol. The number of nitrogens with zero attached hydrogens (tertiary/aromatic N) is 2. The predicted molar refractivity (Wildman–Crippen MR) is 114 cm³/mol. The summed E-state index contributed by atoms with van der Waals surface area (Å²) in [5, 5.41) is 2.77. The van der Waals surface area contributed by atoms with Crippen LogP contribution in [-0.2, 0) is 14.3 Å². The van der Waals surface area contributed by atoms with Crippen LogP contribution in [-0.4, -0.2) is 70.6 Å². The summed E-state index contributed by atoms with van der Waals surface area (Å²) in [6, 6.07) is 5.38. The van der Waals surface area contributed by atoms with Crippen LogP contribution in [0.3, 0.4) is 0 Å². The number of amides is 2. The first-order chi connectivity index (χ1) is 14.2. The predicted octanol–water partition coefficient (Wildman–Crippen LogP) is 2.08. The molecule has 10 heteroatoms. The molecule has 3 rings (SSSR count). The minimum absolute atomic E-state index is 0.136. The van der Waals surface area contributed by atoms with E-state index in [0.717, 1.165) is 0 Å². The molecular formula is C20H30FN3O5Si. The largest absolute Gasteiger partial charge is 0.442 e. The van der Waals surface area contributed by atoms with Gasteiger partial charge in [-0.1, -0.05) is 0 Å². The van der Waals surface area contributed by atoms with Crippen LogP contribution >= 0.6 is 0 Å². The van der Waals surface area contributed by atoms with E-state index < -0.39 is 26.3 Å². The van der Waals surface area contributed by atoms with E-state index in [1.165, 1.54) is 11.0 Å². The summed E-state index contributed by atoms with van der Waals surface area (Å²) < 4.78 is 25.2. The van der Waals surface area contributed by atoms with Gasteiger partial charge in [0.1, 0.15) is 11.9 Å². The summed E-state index contributed by atoms with van der Waals surface area (Å²) in [7, 11) is -2.14. The molecule has 1 aromatic rings. The van der Waals surface area contributed by atoms with Gasteiger partial charge in [-0.2, -0.15) is 0 Å². The number of nitrogens with one attached hydrogen (secondary N) is 1. The van der Waals surface area contributed by atoms with Gasteiger partial charge in [0.05, 0.1) is 37.7 Å². The SMILES string of the molecule is C[Si](C)(O)CCCC(=O)NCC1CN(c2ccc(N3CCOCC3)c(F)c2)C(=O)O1. The first-order valence-corrected chi connectivity index (χ1v) is 13.5. The third kappa shape index (κ3) is 6.16. The average molecular weight is 440 g/mol. The highest BCUT2D eigenvalue weighted by Gasteiger charge is 2.33. The van der Waals surface area contributed by atoms with Crippen LogP contribution in [0.4, 0.5) is 20.6 Å². The van der Waals surface area contributed by atoms with Gasteiger partial charge in [-0.25, -0.2) is 9.18 Å². The van der Waals surface area contributed by atoms with E-state index in [1.807, 2.05) is 18.0 Å². The van der Waals surface area contributed by atoms with Crippen LogP contribution in [0.2, 0.25) is 19.1 Å². The van der Waals surface area contributed by atoms with Crippen molar-refractivity contribution in [2.75, 3.05) is 49.2 Å². The van der Waals surface area contributed by atoms with Crippen molar-refractivity contribution in [3.8, 4) is 0 Å². The highest BCUT2D eigenvalue weighted by atomic mass is 28.4. The molecule has 0 bridgehead atoms. The Bertz CT molecular complexity index is 767. The topological polar surface area (TPSA) is 91.3 Å². The van der Waals surface area contributed by atoms with Crippen molar-refractivity contribution >= 4 is 31.7 Å². The number of morpholine rings is 1. The molecule has 166 valence electrons. The quantitative estimate of drug-likeness (QED) is 0.603. The zero-order valence-electron chi connectivity index (χ0n) is 17.5. The summed E-state index contributed by atoms with van der Waals surface area (Å²) in [5.74, 6) is -0.530. The molecule has 30 heavy (non-hydrogen) atoms. The molecule has 1 aromatic carbocycles. The molecule has 2 heterocycles. The molecule has 2 aliphatic heterocycles. The molecular weight excluding hydrogens is 409 g/mol. The summed E-state index contributed by atoms with van der Waals surface area (Å²) in [6.45, 7) is 6.51. The molecule has 0 radical (unpaired) electrons. The number of anilines is 2. The maximum Gasteiger partial charge on any atom is 0.414 e. The minimum atomic E-state index is -2.14. The molecule has 2 saturated heterocycles. The maximum absolute atomic E-state index is 14.6. The Morgan fingerprint density at radius 1 is 1.33 bits per heavy atom. The Hall–Kier alpha value is -2.17. The Kier molecular flexibility index (Phi) is 7.32. The van der Waals surface area contributed by atoms with Crippen molar-refractivity contribution in [1.29, 1.82) is 0 Å². The highest BCUT2D eigenvalue weighted by molar-refractivity contribution is 6.69. The van der Waals surface area contributed by atoms with Gasteiger partial charge in [0.25, 0.3) is 0 Å². The van der Waals surface area contributed by atoms with E-state index in [-0.39, 0.29) is 19.0 Å². The summed E-state index contributed by atoms with van der Waals surface area (Å²) in [6.07, 6.45) is -0.0874. The van der Waals surface area contributed by atoms with Crippen molar-refractivity contribution in [2.24, 2.45) is 0 Å². The lowest BCUT2D eigenvalue weighted by atomic mass is 10.2. The average Bonchev–Trinajstić information content (AvgIpc) is 3.06. The maximum atomic E-state index is 14.6. The number of cyclic esters (lactones) is 1. The highest BCUT2D eigenvalue weighted by Crippen LogP contribution is 2.28. The smallest absolute Gasteiger partial charge is 0.414 e. The molecule has 0 saturated carbocycles. The number of halogens is 1. The second-order valence-corrected chi connectivity index (χ2v) is 12.4. The van der Waals surface area contributed by atoms with E-state index in [4.69, 9.17) is 9.47 Å². The number of hydrogen-bond acceptors (Lipinski definition) is 6. The van der Waals surface area contributed by atoms with E-state index in [1.54, 1.807) is 12.1 Å². The lowest BCUT2D eigenvalue weighted by molar-refractivity contribution is -0.121. The fourth-order valence-corrected chi connectivity index (χ4v) is 4.60. The molecule has 0 aliphatic carbocycles. The molecule has 2 fully saturated rings. The van der Waals surface area contributed by atoms with Gasteiger partial charge >= 0.3 is 6.09 Å². The molecule has 0 aromatic heterocycles. The van der Waals surface area contributed by atoms with Crippen molar-refractivity contribution in [2.45, 2.75) is 38.1 Å². The molecule has 2 amide bonds. The standard InChI is InChI=1S/C20H30FN3O5Si/c1-30(2,27)11-3-4-19(25)22-13-16-14-24(20(26)29-16)15-5-6-18(17(21)12-15)23-7-9-28-10-8-23/h5-6,12,16,27H,3-4,7-11,13-14H2,1-2H3,(H,22,25). The van der Waals surface area contributed by atoms with Crippen LogP contribution in [0, 0.1) is 5.82 Å². The van der Waals surface area contributed by atoms with Gasteiger partial charge in [-0.15, -0.1) is 0 Å². The summed E-state index contributed by atoms with van der Waals surface area (Å²) >= 11 is 0. The van der Waals surface area contributed by atoms with E-state index >= 15 is 0 Å². The van der Waals surface area contributed by atoms with Gasteiger partial charge in [0.15, 0.2) is 8.32 Å². The van der Waals surface area contributed by atoms with Crippen LogP contribution in [0.15, 0.2) is 18.2 Å². The van der Waals surface area contributed by atoms with Gasteiger partial charge in [0.2, 0.25) is 5.91 Å². The van der Waals surface area contributed by atoms with Crippen LogP contribution in [0.25, 0.3) is 0 Å². The van der Waals surface area contributed by atoms with E-state index in [0.29, 0.717) is 56.6 Å². The minimum Gasteiger partial charge on any atom is -0.442 e. The Balaban J connectivity index is 1.50. The van der Waals surface area contributed by atoms with Crippen LogP contribution in [0.1, 0.15) is 12.8 Å².